The smallest absolute Gasteiger partial charge is 0.407 e. The number of halogens is 1. The van der Waals surface area contributed by atoms with Crippen molar-refractivity contribution in [1.82, 2.24) is 10.0 Å². The Hall–Kier alpha value is -1.62. The van der Waals surface area contributed by atoms with Crippen molar-refractivity contribution in [2.75, 3.05) is 19.6 Å². The highest BCUT2D eigenvalue weighted by Crippen LogP contribution is 2.27. The minimum absolute atomic E-state index is 0.0944. The maximum Gasteiger partial charge on any atom is 0.407 e. The summed E-state index contributed by atoms with van der Waals surface area (Å²) in [5.74, 6) is 0. The molecule has 1 saturated heterocycles. The van der Waals surface area contributed by atoms with Crippen LogP contribution in [0, 0.1) is 6.92 Å². The van der Waals surface area contributed by atoms with Crippen molar-refractivity contribution in [2.24, 2.45) is 0 Å². The third-order valence-corrected chi connectivity index (χ3v) is 3.12. The number of hydrogen-bond acceptors (Lipinski definition) is 2. The van der Waals surface area contributed by atoms with Gasteiger partial charge in [-0.2, -0.15) is 0 Å². The highest BCUT2D eigenvalue weighted by molar-refractivity contribution is 5.66. The summed E-state index contributed by atoms with van der Waals surface area (Å²) < 4.78 is 13.3. The number of piperazine rings is 1. The van der Waals surface area contributed by atoms with Crippen molar-refractivity contribution < 1.29 is 14.4 Å². The molecule has 1 aliphatic rings. The molecule has 1 aliphatic heterocycles. The van der Waals surface area contributed by atoms with Crippen molar-refractivity contribution in [3.05, 3.63) is 35.4 Å². The van der Waals surface area contributed by atoms with E-state index in [-0.39, 0.29) is 19.6 Å². The Bertz CT molecular complexity index is 425. The normalized spacial score (nSPS) is 21.5. The first-order valence-electron chi connectivity index (χ1n) is 5.55. The zero-order valence-corrected chi connectivity index (χ0v) is 9.64. The first-order chi connectivity index (χ1) is 8.09. The van der Waals surface area contributed by atoms with Gasteiger partial charge in [0, 0.05) is 13.1 Å². The van der Waals surface area contributed by atoms with E-state index in [0.29, 0.717) is 5.12 Å². The lowest BCUT2D eigenvalue weighted by Crippen LogP contribution is -2.47. The van der Waals surface area contributed by atoms with Gasteiger partial charge in [-0.1, -0.05) is 24.3 Å². The average Bonchev–Trinajstić information content (AvgIpc) is 2.29. The Kier molecular flexibility index (Phi) is 3.28. The molecule has 0 aromatic heterocycles. The Morgan fingerprint density at radius 2 is 2.12 bits per heavy atom. The van der Waals surface area contributed by atoms with Crippen molar-refractivity contribution >= 4 is 6.09 Å². The summed E-state index contributed by atoms with van der Waals surface area (Å²) in [6.07, 6.45) is -0.994. The van der Waals surface area contributed by atoms with Gasteiger partial charge in [-0.15, -0.1) is 9.60 Å². The van der Waals surface area contributed by atoms with Gasteiger partial charge < -0.3 is 5.11 Å². The minimum Gasteiger partial charge on any atom is -0.465 e. The molecule has 0 aliphatic carbocycles. The quantitative estimate of drug-likeness (QED) is 0.763. The minimum atomic E-state index is -0.994. The summed E-state index contributed by atoms with van der Waals surface area (Å²) in [5.41, 5.74) is 1.86. The molecule has 92 valence electrons. The lowest BCUT2D eigenvalue weighted by Gasteiger charge is -2.36. The lowest BCUT2D eigenvalue weighted by molar-refractivity contribution is -0.0431. The fourth-order valence-corrected chi connectivity index (χ4v) is 2.21. The van der Waals surface area contributed by atoms with Crippen LogP contribution in [0.5, 0.6) is 0 Å². The molecule has 0 spiro atoms. The summed E-state index contributed by atoms with van der Waals surface area (Å²) in [6.45, 7) is 2.34. The van der Waals surface area contributed by atoms with Crippen LogP contribution in [0.1, 0.15) is 17.2 Å². The van der Waals surface area contributed by atoms with E-state index >= 15 is 0 Å². The first kappa shape index (κ1) is 11.9. The molecule has 1 aromatic rings. The Balaban J connectivity index is 2.32. The standard InChI is InChI=1S/C12H15FN2O2/c1-9-4-2-3-5-10(9)11-8-14(13)6-7-15(11)12(16)17/h2-5,11H,6-8H2,1H3,(H,16,17). The van der Waals surface area contributed by atoms with Crippen LogP contribution in [0.2, 0.25) is 0 Å². The summed E-state index contributed by atoms with van der Waals surface area (Å²) in [4.78, 5) is 12.4. The number of aryl methyl sites for hydroxylation is 1. The molecular weight excluding hydrogens is 223 g/mol. The molecule has 4 nitrogen and oxygen atoms in total. The molecule has 17 heavy (non-hydrogen) atoms. The molecule has 0 radical (unpaired) electrons. The van der Waals surface area contributed by atoms with Crippen molar-refractivity contribution in [1.29, 1.82) is 0 Å². The molecule has 1 atom stereocenters. The van der Waals surface area contributed by atoms with Gasteiger partial charge in [0.05, 0.1) is 12.6 Å². The third kappa shape index (κ3) is 2.39. The Morgan fingerprint density at radius 3 is 2.76 bits per heavy atom. The lowest BCUT2D eigenvalue weighted by atomic mass is 9.99. The van der Waals surface area contributed by atoms with E-state index in [1.54, 1.807) is 0 Å². The van der Waals surface area contributed by atoms with Gasteiger partial charge in [-0.05, 0) is 18.1 Å². The van der Waals surface area contributed by atoms with Crippen LogP contribution < -0.4 is 0 Å². The maximum atomic E-state index is 13.3. The number of rotatable bonds is 1. The summed E-state index contributed by atoms with van der Waals surface area (Å²) >= 11 is 0. The zero-order valence-electron chi connectivity index (χ0n) is 9.64. The molecule has 1 fully saturated rings. The average molecular weight is 238 g/mol. The zero-order chi connectivity index (χ0) is 12.4. The monoisotopic (exact) mass is 238 g/mol. The first-order valence-corrected chi connectivity index (χ1v) is 5.55. The maximum absolute atomic E-state index is 13.3. The number of nitrogens with zero attached hydrogens (tertiary/aromatic N) is 2. The van der Waals surface area contributed by atoms with Gasteiger partial charge in [0.25, 0.3) is 0 Å². The van der Waals surface area contributed by atoms with Crippen LogP contribution >= 0.6 is 0 Å². The second kappa shape index (κ2) is 4.71. The van der Waals surface area contributed by atoms with Crippen molar-refractivity contribution in [3.8, 4) is 0 Å². The van der Waals surface area contributed by atoms with E-state index in [4.69, 9.17) is 5.11 Å². The molecule has 5 heteroatoms. The number of carbonyl (C=O) groups is 1. The fourth-order valence-electron chi connectivity index (χ4n) is 2.21. The van der Waals surface area contributed by atoms with Gasteiger partial charge in [0.15, 0.2) is 0 Å². The molecule has 1 amide bonds. The predicted octanol–water partition coefficient (Wildman–Crippen LogP) is 2.22. The van der Waals surface area contributed by atoms with E-state index in [1.165, 1.54) is 4.90 Å². The predicted molar refractivity (Wildman–Crippen MR) is 61.3 cm³/mol. The Labute approximate surface area is 99.2 Å². The van der Waals surface area contributed by atoms with Crippen LogP contribution in [0.25, 0.3) is 0 Å². The van der Waals surface area contributed by atoms with E-state index < -0.39 is 12.1 Å². The molecule has 1 N–H and O–H groups in total. The second-order valence-electron chi connectivity index (χ2n) is 4.22. The van der Waals surface area contributed by atoms with E-state index in [2.05, 4.69) is 0 Å². The van der Waals surface area contributed by atoms with Gasteiger partial charge >= 0.3 is 6.09 Å². The summed E-state index contributed by atoms with van der Waals surface area (Å²) in [6, 6.07) is 7.08. The van der Waals surface area contributed by atoms with Crippen LogP contribution in [0.4, 0.5) is 9.28 Å². The molecule has 0 saturated carbocycles. The number of carboxylic acid groups (broad SMARTS) is 1. The highest BCUT2D eigenvalue weighted by atomic mass is 19.2. The van der Waals surface area contributed by atoms with Crippen LogP contribution in [0.15, 0.2) is 24.3 Å². The van der Waals surface area contributed by atoms with Crippen molar-refractivity contribution in [3.63, 3.8) is 0 Å². The molecule has 1 unspecified atom stereocenters. The van der Waals surface area contributed by atoms with Gasteiger partial charge in [-0.3, -0.25) is 4.90 Å². The van der Waals surface area contributed by atoms with Crippen LogP contribution in [-0.4, -0.2) is 40.9 Å². The number of amides is 1. The molecular formula is C12H15FN2O2. The molecule has 2 rings (SSSR count). The summed E-state index contributed by atoms with van der Waals surface area (Å²) in [7, 11) is 0. The van der Waals surface area contributed by atoms with Gasteiger partial charge in [-0.25, -0.2) is 4.79 Å². The molecule has 1 heterocycles. The van der Waals surface area contributed by atoms with E-state index in [0.717, 1.165) is 11.1 Å². The van der Waals surface area contributed by atoms with E-state index in [1.807, 2.05) is 31.2 Å². The fraction of sp³-hybridized carbons (Fsp3) is 0.417. The number of benzene rings is 1. The largest absolute Gasteiger partial charge is 0.465 e. The topological polar surface area (TPSA) is 43.8 Å². The van der Waals surface area contributed by atoms with Crippen LogP contribution in [0.3, 0.4) is 0 Å². The second-order valence-corrected chi connectivity index (χ2v) is 4.22. The Morgan fingerprint density at radius 1 is 1.41 bits per heavy atom. The van der Waals surface area contributed by atoms with Gasteiger partial charge in [0.2, 0.25) is 0 Å². The van der Waals surface area contributed by atoms with Crippen LogP contribution in [-0.2, 0) is 0 Å². The van der Waals surface area contributed by atoms with Gasteiger partial charge in [0.1, 0.15) is 0 Å². The molecule has 1 aromatic carbocycles. The van der Waals surface area contributed by atoms with E-state index in [9.17, 15) is 9.28 Å². The SMILES string of the molecule is Cc1ccccc1C1CN(F)CCN1C(=O)O. The summed E-state index contributed by atoms with van der Waals surface area (Å²) in [5, 5.41) is 9.81. The van der Waals surface area contributed by atoms with Crippen molar-refractivity contribution in [2.45, 2.75) is 13.0 Å². The molecule has 0 bridgehead atoms. The number of hydrogen-bond donors (Lipinski definition) is 1. The third-order valence-electron chi connectivity index (χ3n) is 3.12. The highest BCUT2D eigenvalue weighted by Gasteiger charge is 2.32.